The second-order valence-electron chi connectivity index (χ2n) is 8.07. The normalized spacial score (nSPS) is 15.7. The quantitative estimate of drug-likeness (QED) is 0.661. The molecule has 0 radical (unpaired) electrons. The summed E-state index contributed by atoms with van der Waals surface area (Å²) in [5, 5.41) is 10.0. The van der Waals surface area contributed by atoms with Gasteiger partial charge in [0.1, 0.15) is 18.3 Å². The molecule has 1 fully saturated rings. The molecule has 0 unspecified atom stereocenters. The lowest BCUT2D eigenvalue weighted by molar-refractivity contribution is 0.0938. The first-order valence-electron chi connectivity index (χ1n) is 11.6. The monoisotopic (exact) mass is 458 g/mol. The summed E-state index contributed by atoms with van der Waals surface area (Å²) in [6.07, 6.45) is 5.87. The second kappa shape index (κ2) is 13.5. The van der Waals surface area contributed by atoms with E-state index in [4.69, 9.17) is 9.25 Å². The summed E-state index contributed by atoms with van der Waals surface area (Å²) in [5.74, 6) is 0.643. The number of hydrogen-bond donors (Lipinski definition) is 2. The Labute approximate surface area is 195 Å². The van der Waals surface area contributed by atoms with Gasteiger partial charge in [-0.05, 0) is 63.4 Å². The number of benzene rings is 1. The largest absolute Gasteiger partial charge is 0.444 e. The van der Waals surface area contributed by atoms with Gasteiger partial charge in [-0.1, -0.05) is 38.1 Å². The van der Waals surface area contributed by atoms with E-state index in [1.165, 1.54) is 50.6 Å². The lowest BCUT2D eigenvalue weighted by atomic mass is 10.0. The van der Waals surface area contributed by atoms with Crippen LogP contribution in [0.15, 0.2) is 46.4 Å². The Kier molecular flexibility index (Phi) is 10.8. The van der Waals surface area contributed by atoms with Gasteiger partial charge in [0.05, 0.1) is 11.3 Å². The summed E-state index contributed by atoms with van der Waals surface area (Å²) in [7, 11) is 0. The van der Waals surface area contributed by atoms with Crippen LogP contribution in [0.5, 0.6) is 0 Å². The van der Waals surface area contributed by atoms with Crippen LogP contribution in [-0.2, 0) is 4.84 Å². The molecule has 2 aliphatic heterocycles. The van der Waals surface area contributed by atoms with Crippen molar-refractivity contribution in [3.05, 3.63) is 59.8 Å². The Morgan fingerprint density at radius 3 is 2.42 bits per heavy atom. The summed E-state index contributed by atoms with van der Waals surface area (Å²) < 4.78 is 18.4. The summed E-state index contributed by atoms with van der Waals surface area (Å²) in [6, 6.07) is 5.96. The third-order valence-electron chi connectivity index (χ3n) is 4.95. The molecule has 1 saturated heterocycles. The fraction of sp³-hybridized carbons (Fsp3) is 0.480. The molecular formula is C25H35FN4O3. The van der Waals surface area contributed by atoms with Gasteiger partial charge < -0.3 is 19.9 Å². The molecule has 7 nitrogen and oxygen atoms in total. The Morgan fingerprint density at radius 1 is 1.18 bits per heavy atom. The van der Waals surface area contributed by atoms with Crippen molar-refractivity contribution in [3.63, 3.8) is 0 Å². The minimum absolute atomic E-state index is 0.00657. The van der Waals surface area contributed by atoms with Gasteiger partial charge in [-0.25, -0.2) is 9.37 Å². The molecule has 1 aromatic carbocycles. The second-order valence-corrected chi connectivity index (χ2v) is 8.07. The first-order valence-corrected chi connectivity index (χ1v) is 11.6. The van der Waals surface area contributed by atoms with Gasteiger partial charge in [0.2, 0.25) is 5.89 Å². The van der Waals surface area contributed by atoms with Crippen molar-refractivity contribution in [3.8, 4) is 0 Å². The number of allylic oxidation sites excluding steroid dienone is 1. The van der Waals surface area contributed by atoms with Crippen molar-refractivity contribution in [2.45, 2.75) is 59.9 Å². The van der Waals surface area contributed by atoms with Crippen LogP contribution in [0.4, 0.5) is 4.39 Å². The number of rotatable bonds is 4. The van der Waals surface area contributed by atoms with Crippen LogP contribution in [0.3, 0.4) is 0 Å². The molecule has 180 valence electrons. The molecule has 0 aliphatic carbocycles. The number of oxime groups is 1. The molecule has 2 aliphatic rings. The fourth-order valence-corrected chi connectivity index (χ4v) is 3.16. The maximum absolute atomic E-state index is 13.0. The molecule has 0 spiro atoms. The molecule has 0 bridgehead atoms. The van der Waals surface area contributed by atoms with Gasteiger partial charge in [0, 0.05) is 12.5 Å². The topological polar surface area (TPSA) is 88.8 Å². The van der Waals surface area contributed by atoms with E-state index < -0.39 is 0 Å². The van der Waals surface area contributed by atoms with E-state index in [9.17, 15) is 9.18 Å². The molecule has 1 aromatic heterocycles. The summed E-state index contributed by atoms with van der Waals surface area (Å²) in [5.41, 5.74) is 2.21. The first-order chi connectivity index (χ1) is 15.9. The third-order valence-corrected chi connectivity index (χ3v) is 4.95. The third kappa shape index (κ3) is 8.46. The van der Waals surface area contributed by atoms with Crippen LogP contribution in [0.1, 0.15) is 75.8 Å². The average molecular weight is 459 g/mol. The number of oxazole rings is 1. The number of carbonyl (C=O) groups is 1. The van der Waals surface area contributed by atoms with Gasteiger partial charge in [0.25, 0.3) is 5.91 Å². The van der Waals surface area contributed by atoms with Crippen LogP contribution in [0.25, 0.3) is 5.57 Å². The zero-order valence-corrected chi connectivity index (χ0v) is 20.2. The van der Waals surface area contributed by atoms with Gasteiger partial charge >= 0.3 is 0 Å². The van der Waals surface area contributed by atoms with Crippen LogP contribution < -0.4 is 10.6 Å². The van der Waals surface area contributed by atoms with Crippen LogP contribution in [0, 0.1) is 11.7 Å². The molecule has 2 aromatic rings. The van der Waals surface area contributed by atoms with Crippen LogP contribution in [-0.4, -0.2) is 35.7 Å². The number of hydrogen-bond acceptors (Lipinski definition) is 6. The standard InChI is InChI=1S/C17H16FN3O3.C6H13N.C2H6/c1-10(2)19-16(22)15-9-23-17(20-15)12-7-14(21-24-8-12)11-3-5-13(18)6-4-11;1-6-2-4-7-5-3-6;1-2/h3-6,8-10H,7H2,1-2H3,(H,19,22);6-7H,2-5H2,1H3;1-2H3. The summed E-state index contributed by atoms with van der Waals surface area (Å²) in [4.78, 5) is 21.2. The first kappa shape index (κ1) is 26.3. The van der Waals surface area contributed by atoms with E-state index >= 15 is 0 Å². The van der Waals surface area contributed by atoms with E-state index in [1.807, 2.05) is 27.7 Å². The van der Waals surface area contributed by atoms with E-state index in [-0.39, 0.29) is 23.5 Å². The minimum Gasteiger partial charge on any atom is -0.444 e. The number of piperidine rings is 1. The highest BCUT2D eigenvalue weighted by Crippen LogP contribution is 2.24. The highest BCUT2D eigenvalue weighted by molar-refractivity contribution is 6.06. The van der Waals surface area contributed by atoms with E-state index in [2.05, 4.69) is 27.7 Å². The highest BCUT2D eigenvalue weighted by Gasteiger charge is 2.20. The van der Waals surface area contributed by atoms with E-state index in [0.29, 0.717) is 23.6 Å². The van der Waals surface area contributed by atoms with Crippen molar-refractivity contribution in [2.75, 3.05) is 13.1 Å². The number of nitrogens with zero attached hydrogens (tertiary/aromatic N) is 2. The maximum atomic E-state index is 13.0. The Hall–Kier alpha value is -3.00. The van der Waals surface area contributed by atoms with Crippen molar-refractivity contribution in [2.24, 2.45) is 11.1 Å². The molecule has 2 N–H and O–H groups in total. The number of halogens is 1. The molecular weight excluding hydrogens is 423 g/mol. The Balaban J connectivity index is 0.000000362. The minimum atomic E-state index is -0.319. The van der Waals surface area contributed by atoms with E-state index in [1.54, 1.807) is 12.1 Å². The SMILES string of the molecule is CC.CC(C)NC(=O)c1coc(C2=CON=C(c3ccc(F)cc3)C2)n1.CC1CCNCC1. The molecule has 0 saturated carbocycles. The van der Waals surface area contributed by atoms with Crippen molar-refractivity contribution >= 4 is 17.2 Å². The van der Waals surface area contributed by atoms with E-state index in [0.717, 1.165) is 11.5 Å². The van der Waals surface area contributed by atoms with Gasteiger partial charge in [-0.3, -0.25) is 4.79 Å². The molecule has 3 heterocycles. The average Bonchev–Trinajstić information content (AvgIpc) is 3.32. The predicted octanol–water partition coefficient (Wildman–Crippen LogP) is 5.15. The molecule has 8 heteroatoms. The number of aromatic nitrogens is 1. The maximum Gasteiger partial charge on any atom is 0.273 e. The number of amides is 1. The van der Waals surface area contributed by atoms with Crippen molar-refractivity contribution < 1.29 is 18.4 Å². The van der Waals surface area contributed by atoms with Crippen molar-refractivity contribution in [1.82, 2.24) is 15.6 Å². The molecule has 1 amide bonds. The zero-order chi connectivity index (χ0) is 24.2. The number of nitrogens with one attached hydrogen (secondary N) is 2. The predicted molar refractivity (Wildman–Crippen MR) is 128 cm³/mol. The van der Waals surface area contributed by atoms with Gasteiger partial charge in [0.15, 0.2) is 5.69 Å². The van der Waals surface area contributed by atoms with Gasteiger partial charge in [-0.2, -0.15) is 0 Å². The number of carbonyl (C=O) groups excluding carboxylic acids is 1. The summed E-state index contributed by atoms with van der Waals surface area (Å²) >= 11 is 0. The van der Waals surface area contributed by atoms with Crippen LogP contribution in [0.2, 0.25) is 0 Å². The highest BCUT2D eigenvalue weighted by atomic mass is 19.1. The molecule has 4 rings (SSSR count). The summed E-state index contributed by atoms with van der Waals surface area (Å²) in [6.45, 7) is 12.5. The van der Waals surface area contributed by atoms with Crippen molar-refractivity contribution in [1.29, 1.82) is 0 Å². The lowest BCUT2D eigenvalue weighted by Gasteiger charge is -2.17. The fourth-order valence-electron chi connectivity index (χ4n) is 3.16. The Bertz CT molecular complexity index is 929. The lowest BCUT2D eigenvalue weighted by Crippen LogP contribution is -2.30. The molecule has 33 heavy (non-hydrogen) atoms. The van der Waals surface area contributed by atoms with Gasteiger partial charge in [-0.15, -0.1) is 0 Å². The van der Waals surface area contributed by atoms with Crippen LogP contribution >= 0.6 is 0 Å². The Morgan fingerprint density at radius 2 is 1.85 bits per heavy atom. The smallest absolute Gasteiger partial charge is 0.273 e. The zero-order valence-electron chi connectivity index (χ0n) is 20.2. The molecule has 0 atom stereocenters.